The van der Waals surface area contributed by atoms with Crippen molar-refractivity contribution in [3.8, 4) is 22.8 Å². The summed E-state index contributed by atoms with van der Waals surface area (Å²) >= 11 is 0. The van der Waals surface area contributed by atoms with Crippen LogP contribution < -0.4 is 14.8 Å². The molecule has 1 aliphatic rings. The molecule has 1 atom stereocenters. The molecule has 3 aromatic heterocycles. The highest BCUT2D eigenvalue weighted by Gasteiger charge is 2.30. The molecule has 11 nitrogen and oxygen atoms in total. The van der Waals surface area contributed by atoms with Crippen LogP contribution >= 0.6 is 0 Å². The molecule has 2 amide bonds. The molecule has 6 rings (SSSR count). The number of carbonyl (C=O) groups is 2. The van der Waals surface area contributed by atoms with Crippen molar-refractivity contribution in [3.05, 3.63) is 72.1 Å². The molecule has 2 aromatic carbocycles. The number of likely N-dealkylation sites (tertiary alicyclic amines) is 1. The number of aromatic nitrogens is 4. The molecule has 0 saturated carbocycles. The van der Waals surface area contributed by atoms with Crippen molar-refractivity contribution in [3.63, 3.8) is 0 Å². The third kappa shape index (κ3) is 5.13. The number of hydrogen-bond donors (Lipinski definition) is 1. The van der Waals surface area contributed by atoms with Gasteiger partial charge in [-0.2, -0.15) is 0 Å². The Morgan fingerprint density at radius 1 is 1.09 bits per heavy atom. The fraction of sp³-hybridized carbons (Fsp3) is 0.333. The highest BCUT2D eigenvalue weighted by atomic mass is 16.5. The van der Waals surface area contributed by atoms with E-state index in [4.69, 9.17) is 14.5 Å². The van der Waals surface area contributed by atoms with Crippen LogP contribution in [0, 0.1) is 6.92 Å². The summed E-state index contributed by atoms with van der Waals surface area (Å²) in [4.78, 5) is 39.3. The zero-order chi connectivity index (χ0) is 31.1. The van der Waals surface area contributed by atoms with Crippen LogP contribution in [0.3, 0.4) is 0 Å². The van der Waals surface area contributed by atoms with Crippen LogP contribution in [-0.2, 0) is 11.8 Å². The van der Waals surface area contributed by atoms with Crippen LogP contribution in [0.25, 0.3) is 27.7 Å². The van der Waals surface area contributed by atoms with Crippen LogP contribution in [0.15, 0.2) is 54.9 Å². The number of aryl methyl sites for hydroxylation is 2. The summed E-state index contributed by atoms with van der Waals surface area (Å²) < 4.78 is 15.2. The smallest absolute Gasteiger partial charge is 0.272 e. The molecular formula is C33H37N7O4. The van der Waals surface area contributed by atoms with E-state index in [0.717, 1.165) is 58.7 Å². The fourth-order valence-corrected chi connectivity index (χ4v) is 6.09. The second kappa shape index (κ2) is 11.6. The predicted octanol–water partition coefficient (Wildman–Crippen LogP) is 4.34. The van der Waals surface area contributed by atoms with Crippen LogP contribution in [0.5, 0.6) is 11.5 Å². The van der Waals surface area contributed by atoms with Crippen molar-refractivity contribution in [2.24, 2.45) is 7.05 Å². The Kier molecular flexibility index (Phi) is 7.73. The summed E-state index contributed by atoms with van der Waals surface area (Å²) in [6, 6.07) is 13.3. The number of carbonyl (C=O) groups excluding carboxylic acids is 2. The van der Waals surface area contributed by atoms with Gasteiger partial charge in [-0.1, -0.05) is 12.1 Å². The summed E-state index contributed by atoms with van der Waals surface area (Å²) in [5, 5.41) is 3.89. The second-order valence-corrected chi connectivity index (χ2v) is 11.4. The molecule has 5 aromatic rings. The summed E-state index contributed by atoms with van der Waals surface area (Å²) in [5.41, 5.74) is 5.39. The van der Waals surface area contributed by atoms with Crippen molar-refractivity contribution in [2.75, 3.05) is 53.3 Å². The number of rotatable bonds is 8. The maximum atomic E-state index is 13.4. The Bertz CT molecular complexity index is 1890. The normalized spacial score (nSPS) is 15.2. The molecule has 4 heterocycles. The van der Waals surface area contributed by atoms with Crippen molar-refractivity contribution in [1.82, 2.24) is 28.7 Å². The van der Waals surface area contributed by atoms with E-state index in [9.17, 15) is 9.59 Å². The first-order chi connectivity index (χ1) is 21.2. The Labute approximate surface area is 256 Å². The molecule has 44 heavy (non-hydrogen) atoms. The third-order valence-corrected chi connectivity index (χ3v) is 8.48. The Balaban J connectivity index is 1.31. The number of anilines is 1. The Morgan fingerprint density at radius 3 is 2.64 bits per heavy atom. The highest BCUT2D eigenvalue weighted by molar-refractivity contribution is 6.08. The van der Waals surface area contributed by atoms with Gasteiger partial charge in [0.2, 0.25) is 5.91 Å². The number of benzene rings is 2. The number of fused-ring (bicyclic) bond motifs is 2. The van der Waals surface area contributed by atoms with Gasteiger partial charge in [0.05, 0.1) is 48.9 Å². The summed E-state index contributed by atoms with van der Waals surface area (Å²) in [6.45, 7) is 3.97. The molecule has 1 unspecified atom stereocenters. The second-order valence-electron chi connectivity index (χ2n) is 11.4. The monoisotopic (exact) mass is 595 g/mol. The van der Waals surface area contributed by atoms with E-state index >= 15 is 0 Å². The van der Waals surface area contributed by atoms with Crippen molar-refractivity contribution < 1.29 is 19.1 Å². The minimum absolute atomic E-state index is 0.0961. The summed E-state index contributed by atoms with van der Waals surface area (Å²) in [6.07, 6.45) is 4.66. The number of imidazole rings is 1. The molecular weight excluding hydrogens is 558 g/mol. The molecule has 1 saturated heterocycles. The lowest BCUT2D eigenvalue weighted by molar-refractivity contribution is -0.129. The average Bonchev–Trinajstić information content (AvgIpc) is 3.73. The highest BCUT2D eigenvalue weighted by Crippen LogP contribution is 2.37. The fourth-order valence-electron chi connectivity index (χ4n) is 6.09. The lowest BCUT2D eigenvalue weighted by Crippen LogP contribution is -2.35. The molecule has 11 heteroatoms. The van der Waals surface area contributed by atoms with E-state index in [0.29, 0.717) is 29.4 Å². The lowest BCUT2D eigenvalue weighted by atomic mass is 10.1. The maximum absolute atomic E-state index is 13.4. The van der Waals surface area contributed by atoms with Crippen LogP contribution in [0.4, 0.5) is 5.69 Å². The Hall–Kier alpha value is -4.90. The van der Waals surface area contributed by atoms with Gasteiger partial charge < -0.3 is 24.3 Å². The predicted molar refractivity (Wildman–Crippen MR) is 170 cm³/mol. The van der Waals surface area contributed by atoms with E-state index < -0.39 is 0 Å². The van der Waals surface area contributed by atoms with Gasteiger partial charge in [-0.25, -0.2) is 4.98 Å². The van der Waals surface area contributed by atoms with Gasteiger partial charge in [0.1, 0.15) is 23.0 Å². The van der Waals surface area contributed by atoms with Crippen molar-refractivity contribution >= 4 is 33.9 Å². The zero-order valence-corrected chi connectivity index (χ0v) is 25.9. The summed E-state index contributed by atoms with van der Waals surface area (Å²) in [5.74, 6) is 2.19. The number of nitrogens with zero attached hydrogens (tertiary/aromatic N) is 6. The molecule has 1 fully saturated rings. The molecule has 228 valence electrons. The molecule has 1 N–H and O–H groups in total. The third-order valence-electron chi connectivity index (χ3n) is 8.48. The number of hydrogen-bond acceptors (Lipinski definition) is 7. The first-order valence-corrected chi connectivity index (χ1v) is 14.6. The van der Waals surface area contributed by atoms with E-state index in [2.05, 4.69) is 19.6 Å². The van der Waals surface area contributed by atoms with Gasteiger partial charge in [-0.15, -0.1) is 0 Å². The molecule has 0 bridgehead atoms. The van der Waals surface area contributed by atoms with Crippen LogP contribution in [-0.4, -0.2) is 88.5 Å². The van der Waals surface area contributed by atoms with Gasteiger partial charge in [-0.3, -0.25) is 23.9 Å². The van der Waals surface area contributed by atoms with Crippen molar-refractivity contribution in [1.29, 1.82) is 0 Å². The molecule has 0 aliphatic carbocycles. The topological polar surface area (TPSA) is 106 Å². The van der Waals surface area contributed by atoms with Gasteiger partial charge in [-0.05, 0) is 50.2 Å². The van der Waals surface area contributed by atoms with Gasteiger partial charge in [0, 0.05) is 56.9 Å². The van der Waals surface area contributed by atoms with Gasteiger partial charge in [0.25, 0.3) is 5.91 Å². The van der Waals surface area contributed by atoms with Crippen LogP contribution in [0.2, 0.25) is 0 Å². The van der Waals surface area contributed by atoms with E-state index in [-0.39, 0.29) is 17.7 Å². The van der Waals surface area contributed by atoms with Gasteiger partial charge in [0.15, 0.2) is 0 Å². The minimum Gasteiger partial charge on any atom is -0.496 e. The zero-order valence-electron chi connectivity index (χ0n) is 25.9. The minimum atomic E-state index is -0.259. The lowest BCUT2D eigenvalue weighted by Gasteiger charge is -2.18. The number of ether oxygens (including phenoxy) is 2. The largest absolute Gasteiger partial charge is 0.496 e. The SMILES string of the molecule is COc1cc(-c2nc(C3CCN(CC(=O)N(C)C)C3)n3ccnc(C)c23)ccc1NC(=O)c1cc2c(OC)cccc2n1C. The quantitative estimate of drug-likeness (QED) is 0.284. The number of amides is 2. The average molecular weight is 596 g/mol. The van der Waals surface area contributed by atoms with E-state index in [1.54, 1.807) is 39.4 Å². The van der Waals surface area contributed by atoms with E-state index in [1.165, 1.54) is 0 Å². The molecule has 0 radical (unpaired) electrons. The number of likely N-dealkylation sites (N-methyl/N-ethyl adjacent to an activating group) is 1. The number of nitrogens with one attached hydrogen (secondary N) is 1. The Morgan fingerprint density at radius 2 is 1.89 bits per heavy atom. The maximum Gasteiger partial charge on any atom is 0.272 e. The molecule has 0 spiro atoms. The number of methoxy groups -OCH3 is 2. The van der Waals surface area contributed by atoms with Crippen molar-refractivity contribution in [2.45, 2.75) is 19.3 Å². The van der Waals surface area contributed by atoms with E-state index in [1.807, 2.05) is 67.2 Å². The van der Waals surface area contributed by atoms with Gasteiger partial charge >= 0.3 is 0 Å². The standard InChI is InChI=1S/C33H37N7O4/c1-20-31-30(36-32(40(31)15-13-34-20)22-12-14-39(18-22)19-29(41)37(2)3)21-10-11-24(28(16-21)44-6)35-33(42)26-17-23-25(38(26)4)8-7-9-27(23)43-5/h7-11,13,15-17,22H,12,14,18-19H2,1-6H3,(H,35,42). The first kappa shape index (κ1) is 29.2. The first-order valence-electron chi connectivity index (χ1n) is 14.6. The molecule has 1 aliphatic heterocycles. The summed E-state index contributed by atoms with van der Waals surface area (Å²) in [7, 11) is 8.63. The van der Waals surface area contributed by atoms with Crippen LogP contribution in [0.1, 0.15) is 34.3 Å².